The van der Waals surface area contributed by atoms with Gasteiger partial charge < -0.3 is 9.73 Å². The quantitative estimate of drug-likeness (QED) is 0.791. The van der Waals surface area contributed by atoms with Crippen LogP contribution in [0.5, 0.6) is 0 Å². The van der Waals surface area contributed by atoms with Gasteiger partial charge in [0.2, 0.25) is 11.8 Å². The summed E-state index contributed by atoms with van der Waals surface area (Å²) in [6, 6.07) is 2.84. The molecule has 0 bridgehead atoms. The number of aromatic nitrogens is 4. The van der Waals surface area contributed by atoms with Gasteiger partial charge in [-0.05, 0) is 12.1 Å². The number of carbonyl (C=O) groups is 1. The van der Waals surface area contributed by atoms with E-state index in [1.54, 1.807) is 0 Å². The first kappa shape index (κ1) is 14.7. The van der Waals surface area contributed by atoms with Gasteiger partial charge in [-0.25, -0.2) is 13.8 Å². The molecule has 1 aromatic carbocycles. The van der Waals surface area contributed by atoms with Gasteiger partial charge in [-0.3, -0.25) is 9.78 Å². The van der Waals surface area contributed by atoms with Crippen molar-refractivity contribution in [2.75, 3.05) is 5.32 Å². The molecule has 2 heterocycles. The van der Waals surface area contributed by atoms with Gasteiger partial charge in [-0.2, -0.15) is 0 Å². The van der Waals surface area contributed by atoms with Crippen LogP contribution in [0.25, 0.3) is 11.6 Å². The highest BCUT2D eigenvalue weighted by Crippen LogP contribution is 2.16. The smallest absolute Gasteiger partial charge is 0.267 e. The highest BCUT2D eigenvalue weighted by Gasteiger charge is 2.14. The average molecular weight is 317 g/mol. The number of carbonyl (C=O) groups excluding carboxylic acids is 1. The molecule has 0 saturated heterocycles. The van der Waals surface area contributed by atoms with E-state index in [9.17, 15) is 13.6 Å². The Labute approximate surface area is 128 Å². The Bertz CT molecular complexity index is 838. The number of rotatable bonds is 4. The van der Waals surface area contributed by atoms with Crippen molar-refractivity contribution < 1.29 is 18.0 Å². The first-order chi connectivity index (χ1) is 11.1. The molecule has 0 atom stereocenters. The molecule has 0 radical (unpaired) electrons. The second-order valence-electron chi connectivity index (χ2n) is 4.44. The van der Waals surface area contributed by atoms with Crippen molar-refractivity contribution in [1.82, 2.24) is 20.2 Å². The summed E-state index contributed by atoms with van der Waals surface area (Å²) in [5.74, 6) is -2.03. The van der Waals surface area contributed by atoms with Crippen LogP contribution in [0.4, 0.5) is 14.5 Å². The topological polar surface area (TPSA) is 93.8 Å². The van der Waals surface area contributed by atoms with Crippen LogP contribution in [0.3, 0.4) is 0 Å². The molecular weight excluding hydrogens is 308 g/mol. The zero-order valence-electron chi connectivity index (χ0n) is 11.5. The van der Waals surface area contributed by atoms with Gasteiger partial charge in [0.1, 0.15) is 23.7 Å². The highest BCUT2D eigenvalue weighted by molar-refractivity contribution is 5.91. The predicted molar refractivity (Wildman–Crippen MR) is 74.0 cm³/mol. The summed E-state index contributed by atoms with van der Waals surface area (Å²) < 4.78 is 31.5. The molecule has 23 heavy (non-hydrogen) atoms. The molecule has 116 valence electrons. The van der Waals surface area contributed by atoms with Crippen molar-refractivity contribution in [3.8, 4) is 11.6 Å². The number of hydrogen-bond donors (Lipinski definition) is 1. The zero-order valence-corrected chi connectivity index (χ0v) is 11.5. The Balaban J connectivity index is 1.68. The highest BCUT2D eigenvalue weighted by atomic mass is 19.1. The van der Waals surface area contributed by atoms with Gasteiger partial charge in [-0.15, -0.1) is 10.2 Å². The molecule has 3 rings (SSSR count). The monoisotopic (exact) mass is 317 g/mol. The van der Waals surface area contributed by atoms with E-state index < -0.39 is 17.5 Å². The minimum Gasteiger partial charge on any atom is -0.419 e. The molecule has 0 aliphatic rings. The van der Waals surface area contributed by atoms with E-state index in [1.165, 1.54) is 18.6 Å². The molecule has 0 aliphatic heterocycles. The third-order valence-electron chi connectivity index (χ3n) is 2.77. The second-order valence-corrected chi connectivity index (χ2v) is 4.44. The second kappa shape index (κ2) is 6.26. The van der Waals surface area contributed by atoms with E-state index in [0.29, 0.717) is 11.8 Å². The van der Waals surface area contributed by atoms with E-state index in [2.05, 4.69) is 25.5 Å². The van der Waals surface area contributed by atoms with Gasteiger partial charge >= 0.3 is 0 Å². The fourth-order valence-electron chi connectivity index (χ4n) is 1.76. The molecule has 0 spiro atoms. The van der Waals surface area contributed by atoms with Crippen LogP contribution in [-0.2, 0) is 11.2 Å². The van der Waals surface area contributed by atoms with Gasteiger partial charge in [0.25, 0.3) is 5.89 Å². The molecule has 0 saturated carbocycles. The number of benzene rings is 1. The predicted octanol–water partition coefficient (Wildman–Crippen LogP) is 1.99. The van der Waals surface area contributed by atoms with Crippen molar-refractivity contribution in [1.29, 1.82) is 0 Å². The Kier molecular flexibility index (Phi) is 4.00. The standard InChI is InChI=1S/C14H9F2N5O2/c15-8-1-2-10(9(16)5-8)19-12(22)6-13-20-21-14(23-13)11-7-17-3-4-18-11/h1-5,7H,6H2,(H,19,22). The molecule has 7 nitrogen and oxygen atoms in total. The van der Waals surface area contributed by atoms with Gasteiger partial charge in [0.15, 0.2) is 0 Å². The lowest BCUT2D eigenvalue weighted by Gasteiger charge is -2.04. The van der Waals surface area contributed by atoms with Crippen molar-refractivity contribution in [3.05, 3.63) is 54.3 Å². The summed E-state index contributed by atoms with van der Waals surface area (Å²) in [4.78, 5) is 19.7. The summed E-state index contributed by atoms with van der Waals surface area (Å²) in [5, 5.41) is 9.76. The van der Waals surface area contributed by atoms with Crippen molar-refractivity contribution in [3.63, 3.8) is 0 Å². The number of hydrogen-bond acceptors (Lipinski definition) is 6. The number of amides is 1. The first-order valence-electron chi connectivity index (χ1n) is 6.45. The third-order valence-corrected chi connectivity index (χ3v) is 2.77. The Morgan fingerprint density at radius 2 is 2.09 bits per heavy atom. The number of anilines is 1. The number of nitrogens with zero attached hydrogens (tertiary/aromatic N) is 4. The number of halogens is 2. The Morgan fingerprint density at radius 3 is 2.83 bits per heavy atom. The lowest BCUT2D eigenvalue weighted by atomic mass is 10.3. The SMILES string of the molecule is O=C(Cc1nnc(-c2cnccn2)o1)Nc1ccc(F)cc1F. The molecule has 0 aliphatic carbocycles. The van der Waals surface area contributed by atoms with E-state index >= 15 is 0 Å². The minimum atomic E-state index is -0.871. The fourth-order valence-corrected chi connectivity index (χ4v) is 1.76. The normalized spacial score (nSPS) is 10.5. The third kappa shape index (κ3) is 3.51. The molecular formula is C14H9F2N5O2. The van der Waals surface area contributed by atoms with E-state index in [-0.39, 0.29) is 23.9 Å². The lowest BCUT2D eigenvalue weighted by Crippen LogP contribution is -2.15. The van der Waals surface area contributed by atoms with Crippen LogP contribution in [-0.4, -0.2) is 26.1 Å². The molecule has 0 unspecified atom stereocenters. The van der Waals surface area contributed by atoms with Crippen molar-refractivity contribution in [2.24, 2.45) is 0 Å². The zero-order chi connectivity index (χ0) is 16.2. The van der Waals surface area contributed by atoms with Crippen LogP contribution in [0.15, 0.2) is 41.2 Å². The summed E-state index contributed by atoms with van der Waals surface area (Å²) in [6.45, 7) is 0. The van der Waals surface area contributed by atoms with Gasteiger partial charge in [0.05, 0.1) is 11.9 Å². The molecule has 0 fully saturated rings. The molecule has 1 amide bonds. The fraction of sp³-hybridized carbons (Fsp3) is 0.0714. The maximum Gasteiger partial charge on any atom is 0.267 e. The van der Waals surface area contributed by atoms with Crippen LogP contribution in [0.1, 0.15) is 5.89 Å². The largest absolute Gasteiger partial charge is 0.419 e. The summed E-state index contributed by atoms with van der Waals surface area (Å²) in [6.07, 6.45) is 4.13. The number of nitrogens with one attached hydrogen (secondary N) is 1. The summed E-state index contributed by atoms with van der Waals surface area (Å²) >= 11 is 0. The lowest BCUT2D eigenvalue weighted by molar-refractivity contribution is -0.115. The maximum absolute atomic E-state index is 13.5. The molecule has 9 heteroatoms. The van der Waals surface area contributed by atoms with E-state index in [0.717, 1.165) is 12.1 Å². The molecule has 3 aromatic rings. The average Bonchev–Trinajstić information content (AvgIpc) is 2.99. The molecule has 1 N–H and O–H groups in total. The van der Waals surface area contributed by atoms with Crippen molar-refractivity contribution >= 4 is 11.6 Å². The Morgan fingerprint density at radius 1 is 1.22 bits per heavy atom. The Hall–Kier alpha value is -3.23. The van der Waals surface area contributed by atoms with Crippen LogP contribution < -0.4 is 5.32 Å². The van der Waals surface area contributed by atoms with Crippen LogP contribution in [0.2, 0.25) is 0 Å². The summed E-state index contributed by atoms with van der Waals surface area (Å²) in [7, 11) is 0. The molecule has 2 aromatic heterocycles. The van der Waals surface area contributed by atoms with Crippen LogP contribution in [0, 0.1) is 11.6 Å². The van der Waals surface area contributed by atoms with Gasteiger partial charge in [0, 0.05) is 18.5 Å². The van der Waals surface area contributed by atoms with Crippen molar-refractivity contribution in [2.45, 2.75) is 6.42 Å². The van der Waals surface area contributed by atoms with E-state index in [4.69, 9.17) is 4.42 Å². The van der Waals surface area contributed by atoms with E-state index in [1.807, 2.05) is 0 Å². The first-order valence-corrected chi connectivity index (χ1v) is 6.45. The minimum absolute atomic E-state index is 0.0330. The van der Waals surface area contributed by atoms with Gasteiger partial charge in [-0.1, -0.05) is 0 Å². The maximum atomic E-state index is 13.5. The summed E-state index contributed by atoms with van der Waals surface area (Å²) in [5.41, 5.74) is 0.237. The van der Waals surface area contributed by atoms with Crippen LogP contribution >= 0.6 is 0 Å².